The Bertz CT molecular complexity index is 1510. The first-order valence-corrected chi connectivity index (χ1v) is 12.7. The molecule has 0 aliphatic rings. The van der Waals surface area contributed by atoms with Crippen LogP contribution in [0.25, 0.3) is 0 Å². The Morgan fingerprint density at radius 3 is 1.70 bits per heavy atom. The summed E-state index contributed by atoms with van der Waals surface area (Å²) in [4.78, 5) is 3.80. The second-order valence-corrected chi connectivity index (χ2v) is 9.30. The molecule has 4 rings (SSSR count). The molecule has 0 bridgehead atoms. The van der Waals surface area contributed by atoms with Gasteiger partial charge in [0.25, 0.3) is 0 Å². The van der Waals surface area contributed by atoms with Gasteiger partial charge in [0.15, 0.2) is 0 Å². The van der Waals surface area contributed by atoms with E-state index in [4.69, 9.17) is 0 Å². The van der Waals surface area contributed by atoms with Crippen LogP contribution in [0.5, 0.6) is 11.5 Å². The van der Waals surface area contributed by atoms with Crippen molar-refractivity contribution in [2.45, 2.75) is 24.6 Å². The molecule has 0 aliphatic carbocycles. The van der Waals surface area contributed by atoms with Gasteiger partial charge in [0.05, 0.1) is 0 Å². The zero-order chi connectivity index (χ0) is 30.9. The Kier molecular flexibility index (Phi) is 9.45. The highest BCUT2D eigenvalue weighted by atomic mass is 19.4. The van der Waals surface area contributed by atoms with Crippen LogP contribution in [-0.2, 0) is 11.8 Å². The molecule has 0 saturated heterocycles. The molecule has 0 fully saturated rings. The van der Waals surface area contributed by atoms with E-state index in [1.807, 2.05) is 0 Å². The number of anilines is 1. The van der Waals surface area contributed by atoms with E-state index in [1.165, 1.54) is 24.3 Å². The van der Waals surface area contributed by atoms with Crippen LogP contribution < -0.4 is 20.1 Å². The first kappa shape index (κ1) is 30.8. The number of halogens is 6. The number of alkyl halides is 6. The number of rotatable bonds is 9. The minimum absolute atomic E-state index is 0.0107. The Labute approximate surface area is 243 Å². The number of para-hydroxylation sites is 1. The van der Waals surface area contributed by atoms with Crippen LogP contribution in [0, 0.1) is 11.5 Å². The van der Waals surface area contributed by atoms with Gasteiger partial charge in [-0.25, -0.2) is 0 Å². The fraction of sp³-hybridized carbons (Fsp3) is 0.161. The summed E-state index contributed by atoms with van der Waals surface area (Å²) in [6, 6.07) is 28.1. The highest BCUT2D eigenvalue weighted by Gasteiger charge is 2.38. The quantitative estimate of drug-likeness (QED) is 0.0901. The molecule has 0 amide bonds. The average Bonchev–Trinajstić information content (AvgIpc) is 2.95. The number of hydrogen-bond acceptors (Lipinski definition) is 4. The molecule has 4 aromatic rings. The molecule has 0 radical (unpaired) electrons. The number of hydrogen-bond donors (Lipinski definition) is 2. The molecule has 6 nitrogen and oxygen atoms in total. The number of nitriles is 1. The van der Waals surface area contributed by atoms with Crippen molar-refractivity contribution in [1.82, 2.24) is 5.32 Å². The first-order valence-electron chi connectivity index (χ1n) is 12.7. The summed E-state index contributed by atoms with van der Waals surface area (Å²) in [5.74, 6) is -1.02. The Morgan fingerprint density at radius 1 is 0.698 bits per heavy atom. The molecule has 2 N–H and O–H groups in total. The van der Waals surface area contributed by atoms with Crippen molar-refractivity contribution in [1.29, 1.82) is 5.26 Å². The van der Waals surface area contributed by atoms with Gasteiger partial charge in [0.1, 0.15) is 11.5 Å². The van der Waals surface area contributed by atoms with Crippen molar-refractivity contribution in [3.8, 4) is 17.7 Å². The fourth-order valence-corrected chi connectivity index (χ4v) is 4.62. The molecular weight excluding hydrogens is 574 g/mol. The lowest BCUT2D eigenvalue weighted by molar-refractivity contribution is -0.275. The molecule has 0 heterocycles. The van der Waals surface area contributed by atoms with Gasteiger partial charge in [-0.1, -0.05) is 72.8 Å². The van der Waals surface area contributed by atoms with Crippen LogP contribution in [0.4, 0.5) is 32.0 Å². The number of nitrogens with one attached hydrogen (secondary N) is 2. The second kappa shape index (κ2) is 13.2. The summed E-state index contributed by atoms with van der Waals surface area (Å²) in [6.07, 6.45) is -8.16. The average molecular weight is 599 g/mol. The number of guanidine groups is 1. The first-order chi connectivity index (χ1) is 20.5. The van der Waals surface area contributed by atoms with E-state index >= 15 is 0 Å². The highest BCUT2D eigenvalue weighted by molar-refractivity contribution is 5.94. The van der Waals surface area contributed by atoms with Gasteiger partial charge in [-0.3, -0.25) is 0 Å². The number of nitrogens with zero attached hydrogens (tertiary/aromatic N) is 2. The van der Waals surface area contributed by atoms with Gasteiger partial charge in [-0.05, 0) is 59.5 Å². The Morgan fingerprint density at radius 2 is 1.21 bits per heavy atom. The van der Waals surface area contributed by atoms with Crippen molar-refractivity contribution < 1.29 is 35.8 Å². The molecule has 12 heteroatoms. The summed E-state index contributed by atoms with van der Waals surface area (Å²) >= 11 is 0. The number of aliphatic imine (C=N–C) groups is 1. The zero-order valence-electron chi connectivity index (χ0n) is 22.3. The van der Waals surface area contributed by atoms with E-state index in [9.17, 15) is 31.6 Å². The third kappa shape index (κ3) is 8.90. The highest BCUT2D eigenvalue weighted by Crippen LogP contribution is 2.40. The van der Waals surface area contributed by atoms with E-state index in [-0.39, 0.29) is 30.1 Å². The van der Waals surface area contributed by atoms with Crippen LogP contribution in [0.3, 0.4) is 0 Å². The van der Waals surface area contributed by atoms with Crippen LogP contribution in [0.1, 0.15) is 16.7 Å². The molecule has 4 aromatic carbocycles. The molecule has 0 aromatic heterocycles. The summed E-state index contributed by atoms with van der Waals surface area (Å²) in [5.41, 5.74) is 0.532. The van der Waals surface area contributed by atoms with Gasteiger partial charge < -0.3 is 20.1 Å². The second-order valence-electron chi connectivity index (χ2n) is 9.30. The summed E-state index contributed by atoms with van der Waals surface area (Å²) < 4.78 is 87.5. The Balaban J connectivity index is 1.88. The molecule has 0 saturated carbocycles. The van der Waals surface area contributed by atoms with Crippen LogP contribution in [-0.4, -0.2) is 25.2 Å². The van der Waals surface area contributed by atoms with E-state index in [0.717, 1.165) is 17.7 Å². The lowest BCUT2D eigenvalue weighted by atomic mass is 9.70. The molecule has 222 valence electrons. The maximum absolute atomic E-state index is 13.2. The van der Waals surface area contributed by atoms with Gasteiger partial charge >= 0.3 is 12.7 Å². The van der Waals surface area contributed by atoms with Gasteiger partial charge in [0.2, 0.25) is 12.2 Å². The minimum Gasteiger partial charge on any atom is -0.406 e. The number of ether oxygens (including phenoxy) is 2. The molecule has 0 atom stereocenters. The lowest BCUT2D eigenvalue weighted by Crippen LogP contribution is -2.45. The standard InChI is InChI=1S/C31H24F6N4O2/c32-30(33,34)42-26-15-7-11-23(17-26)29(19-22-9-3-1-4-10-22,24-12-8-16-27(18-24)43-31(35,36)37)20-39-28(40-21-38)41-25-13-5-2-6-14-25/h1-18H,19-20H2,(H2,39,40,41). The van der Waals surface area contributed by atoms with Crippen LogP contribution >= 0.6 is 0 Å². The predicted molar refractivity (Wildman–Crippen MR) is 148 cm³/mol. The van der Waals surface area contributed by atoms with Crippen molar-refractivity contribution >= 4 is 11.6 Å². The fourth-order valence-electron chi connectivity index (χ4n) is 4.62. The van der Waals surface area contributed by atoms with E-state index in [1.54, 1.807) is 79.0 Å². The molecule has 0 unspecified atom stereocenters. The summed E-state index contributed by atoms with van der Waals surface area (Å²) in [5, 5.41) is 15.4. The lowest BCUT2D eigenvalue weighted by Gasteiger charge is -2.36. The third-order valence-electron chi connectivity index (χ3n) is 6.35. The largest absolute Gasteiger partial charge is 0.573 e. The number of benzene rings is 4. The van der Waals surface area contributed by atoms with E-state index < -0.39 is 29.6 Å². The molecular formula is C31H24F6N4O2. The smallest absolute Gasteiger partial charge is 0.406 e. The topological polar surface area (TPSA) is 78.7 Å². The zero-order valence-corrected chi connectivity index (χ0v) is 22.3. The SMILES string of the molecule is N#CN=C(NCC(Cc1ccccc1)(c1cccc(OC(F)(F)F)c1)c1cccc(OC(F)(F)F)c1)Nc1ccccc1. The minimum atomic E-state index is -4.98. The van der Waals surface area contributed by atoms with Crippen molar-refractivity contribution in [3.05, 3.63) is 126 Å². The van der Waals surface area contributed by atoms with Gasteiger partial charge in [-0.15, -0.1) is 31.3 Å². The van der Waals surface area contributed by atoms with Crippen LogP contribution in [0.2, 0.25) is 0 Å². The Hall–Kier alpha value is -5.18. The maximum atomic E-state index is 13.2. The van der Waals surface area contributed by atoms with Gasteiger partial charge in [0, 0.05) is 17.6 Å². The predicted octanol–water partition coefficient (Wildman–Crippen LogP) is 7.55. The monoisotopic (exact) mass is 598 g/mol. The molecule has 0 aliphatic heterocycles. The van der Waals surface area contributed by atoms with Gasteiger partial charge in [-0.2, -0.15) is 5.26 Å². The summed E-state index contributed by atoms with van der Waals surface area (Å²) in [6.45, 7) is -0.132. The third-order valence-corrected chi connectivity index (χ3v) is 6.35. The van der Waals surface area contributed by atoms with Crippen molar-refractivity contribution in [2.24, 2.45) is 4.99 Å². The van der Waals surface area contributed by atoms with Crippen molar-refractivity contribution in [3.63, 3.8) is 0 Å². The van der Waals surface area contributed by atoms with E-state index in [2.05, 4.69) is 25.1 Å². The van der Waals surface area contributed by atoms with Crippen LogP contribution in [0.15, 0.2) is 114 Å². The van der Waals surface area contributed by atoms with Crippen molar-refractivity contribution in [2.75, 3.05) is 11.9 Å². The summed E-state index contributed by atoms with van der Waals surface area (Å²) in [7, 11) is 0. The normalized spacial score (nSPS) is 12.3. The molecule has 43 heavy (non-hydrogen) atoms. The molecule has 0 spiro atoms. The van der Waals surface area contributed by atoms with E-state index in [0.29, 0.717) is 5.69 Å². The maximum Gasteiger partial charge on any atom is 0.573 e.